The molecule has 146 valence electrons. The van der Waals surface area contributed by atoms with E-state index >= 15 is 0 Å². The minimum absolute atomic E-state index is 0.107. The Kier molecular flexibility index (Phi) is 5.50. The summed E-state index contributed by atoms with van der Waals surface area (Å²) in [4.78, 5) is 12.8. The highest BCUT2D eigenvalue weighted by atomic mass is 35.5. The van der Waals surface area contributed by atoms with Crippen molar-refractivity contribution in [2.45, 2.75) is 31.7 Å². The first-order valence-corrected chi connectivity index (χ1v) is 9.95. The number of halogens is 1. The summed E-state index contributed by atoms with van der Waals surface area (Å²) in [6.45, 7) is 1.75. The van der Waals surface area contributed by atoms with E-state index in [-0.39, 0.29) is 17.7 Å². The van der Waals surface area contributed by atoms with Crippen LogP contribution in [0.5, 0.6) is 5.75 Å². The van der Waals surface area contributed by atoms with Crippen molar-refractivity contribution in [3.63, 3.8) is 0 Å². The Hall–Kier alpha value is -2.57. The predicted molar refractivity (Wildman–Crippen MR) is 110 cm³/mol. The Bertz CT molecular complexity index is 861. The molecule has 1 fully saturated rings. The van der Waals surface area contributed by atoms with Crippen LogP contribution in [0.1, 0.15) is 37.3 Å². The van der Waals surface area contributed by atoms with Gasteiger partial charge in [-0.15, -0.1) is 0 Å². The largest absolute Gasteiger partial charge is 0.508 e. The van der Waals surface area contributed by atoms with Gasteiger partial charge >= 0.3 is 0 Å². The second-order valence-corrected chi connectivity index (χ2v) is 7.60. The number of rotatable bonds is 4. The fourth-order valence-electron chi connectivity index (χ4n) is 3.65. The second-order valence-electron chi connectivity index (χ2n) is 7.17. The fourth-order valence-corrected chi connectivity index (χ4v) is 3.78. The first-order chi connectivity index (χ1) is 13.6. The van der Waals surface area contributed by atoms with Crippen LogP contribution < -0.4 is 10.4 Å². The molecule has 0 radical (unpaired) electrons. The summed E-state index contributed by atoms with van der Waals surface area (Å²) >= 11 is 6.04. The van der Waals surface area contributed by atoms with Gasteiger partial charge in [-0.1, -0.05) is 30.2 Å². The number of hydrazine groups is 1. The summed E-state index contributed by atoms with van der Waals surface area (Å²) < 4.78 is 0. The summed E-state index contributed by atoms with van der Waals surface area (Å²) in [5.41, 5.74) is 5.35. The lowest BCUT2D eigenvalue weighted by atomic mass is 10.0. The Balaban J connectivity index is 1.58. The molecule has 2 aliphatic rings. The highest BCUT2D eigenvalue weighted by Crippen LogP contribution is 2.36. The normalized spacial score (nSPS) is 20.1. The van der Waals surface area contributed by atoms with Crippen molar-refractivity contribution in [1.29, 1.82) is 0 Å². The third kappa shape index (κ3) is 4.13. The average Bonchev–Trinajstić information content (AvgIpc) is 3.15. The standard InChI is InChI=1S/C21H23ClN4O2/c22-16-6-4-15(5-7-16)20-14-19(21(28)24-25-12-2-1-3-13-25)23-26(20)17-8-10-18(27)11-9-17/h4-11,20,27H,1-3,12-14H2,(H,24,28). The van der Waals surface area contributed by atoms with Gasteiger partial charge in [-0.05, 0) is 54.8 Å². The van der Waals surface area contributed by atoms with Crippen molar-refractivity contribution in [2.24, 2.45) is 5.10 Å². The lowest BCUT2D eigenvalue weighted by Crippen LogP contribution is -2.47. The van der Waals surface area contributed by atoms with Crippen molar-refractivity contribution in [3.05, 3.63) is 59.1 Å². The quantitative estimate of drug-likeness (QED) is 0.820. The average molecular weight is 399 g/mol. The molecule has 1 amide bonds. The molecule has 4 rings (SSSR count). The number of nitrogens with one attached hydrogen (secondary N) is 1. The molecule has 7 heteroatoms. The Morgan fingerprint density at radius 3 is 2.39 bits per heavy atom. The molecule has 2 aliphatic heterocycles. The van der Waals surface area contributed by atoms with Gasteiger partial charge in [0.25, 0.3) is 5.91 Å². The van der Waals surface area contributed by atoms with Crippen LogP contribution in [0.2, 0.25) is 5.02 Å². The van der Waals surface area contributed by atoms with Gasteiger partial charge in [0.05, 0.1) is 11.7 Å². The number of hydrogen-bond donors (Lipinski definition) is 2. The van der Waals surface area contributed by atoms with Gasteiger partial charge < -0.3 is 5.11 Å². The van der Waals surface area contributed by atoms with E-state index in [2.05, 4.69) is 10.5 Å². The molecule has 0 aliphatic carbocycles. The van der Waals surface area contributed by atoms with Crippen LogP contribution in [-0.4, -0.2) is 34.8 Å². The number of amides is 1. The number of phenols is 1. The number of nitrogens with zero attached hydrogens (tertiary/aromatic N) is 3. The molecule has 2 aromatic rings. The lowest BCUT2D eigenvalue weighted by Gasteiger charge is -2.26. The van der Waals surface area contributed by atoms with Gasteiger partial charge in [-0.3, -0.25) is 15.2 Å². The van der Waals surface area contributed by atoms with Crippen LogP contribution in [-0.2, 0) is 4.79 Å². The van der Waals surface area contributed by atoms with Gasteiger partial charge in [0.1, 0.15) is 11.5 Å². The highest BCUT2D eigenvalue weighted by molar-refractivity contribution is 6.39. The zero-order valence-electron chi connectivity index (χ0n) is 15.5. The number of piperidine rings is 1. The van der Waals surface area contributed by atoms with Crippen molar-refractivity contribution < 1.29 is 9.90 Å². The van der Waals surface area contributed by atoms with Crippen molar-refractivity contribution in [2.75, 3.05) is 18.1 Å². The monoisotopic (exact) mass is 398 g/mol. The highest BCUT2D eigenvalue weighted by Gasteiger charge is 2.33. The number of aromatic hydroxyl groups is 1. The Morgan fingerprint density at radius 1 is 1.04 bits per heavy atom. The van der Waals surface area contributed by atoms with Crippen molar-refractivity contribution >= 4 is 28.9 Å². The molecule has 2 heterocycles. The van der Waals surface area contributed by atoms with Gasteiger partial charge in [-0.2, -0.15) is 5.10 Å². The van der Waals surface area contributed by atoms with Gasteiger partial charge in [0, 0.05) is 24.5 Å². The van der Waals surface area contributed by atoms with Crippen LogP contribution in [0.3, 0.4) is 0 Å². The fraction of sp³-hybridized carbons (Fsp3) is 0.333. The molecule has 2 aromatic carbocycles. The number of anilines is 1. The zero-order chi connectivity index (χ0) is 19.5. The van der Waals surface area contributed by atoms with Gasteiger partial charge in [0.15, 0.2) is 0 Å². The maximum Gasteiger partial charge on any atom is 0.281 e. The molecule has 1 atom stereocenters. The summed E-state index contributed by atoms with van der Waals surface area (Å²) in [6.07, 6.45) is 3.91. The molecule has 0 aromatic heterocycles. The van der Waals surface area contributed by atoms with Crippen LogP contribution in [0.15, 0.2) is 53.6 Å². The first kappa shape index (κ1) is 18.8. The van der Waals surface area contributed by atoms with E-state index in [1.54, 1.807) is 24.3 Å². The molecule has 0 saturated carbocycles. The minimum Gasteiger partial charge on any atom is -0.508 e. The number of carbonyl (C=O) groups is 1. The maximum atomic E-state index is 12.8. The zero-order valence-corrected chi connectivity index (χ0v) is 16.3. The number of carbonyl (C=O) groups excluding carboxylic acids is 1. The second kappa shape index (κ2) is 8.20. The van der Waals surface area contributed by atoms with E-state index in [9.17, 15) is 9.90 Å². The first-order valence-electron chi connectivity index (χ1n) is 9.57. The predicted octanol–water partition coefficient (Wildman–Crippen LogP) is 3.87. The van der Waals surface area contributed by atoms with E-state index < -0.39 is 0 Å². The summed E-state index contributed by atoms with van der Waals surface area (Å²) in [5.74, 6) is 0.0418. The third-order valence-corrected chi connectivity index (χ3v) is 5.41. The number of phenolic OH excluding ortho intramolecular Hbond substituents is 1. The molecule has 1 unspecified atom stereocenters. The van der Waals surface area contributed by atoms with E-state index in [1.165, 1.54) is 6.42 Å². The van der Waals surface area contributed by atoms with Crippen molar-refractivity contribution in [1.82, 2.24) is 10.4 Å². The summed E-state index contributed by atoms with van der Waals surface area (Å²) in [7, 11) is 0. The molecule has 0 spiro atoms. The molecule has 2 N–H and O–H groups in total. The van der Waals surface area contributed by atoms with Gasteiger partial charge in [0.2, 0.25) is 0 Å². The number of hydrazone groups is 1. The number of hydrogen-bond acceptors (Lipinski definition) is 5. The van der Waals surface area contributed by atoms with Crippen LogP contribution in [0.25, 0.3) is 0 Å². The van der Waals surface area contributed by atoms with E-state index in [1.807, 2.05) is 34.3 Å². The van der Waals surface area contributed by atoms with Crippen molar-refractivity contribution in [3.8, 4) is 5.75 Å². The number of benzene rings is 2. The van der Waals surface area contributed by atoms with E-state index in [0.29, 0.717) is 17.2 Å². The third-order valence-electron chi connectivity index (χ3n) is 5.16. The van der Waals surface area contributed by atoms with Crippen LogP contribution in [0, 0.1) is 0 Å². The van der Waals surface area contributed by atoms with E-state index in [4.69, 9.17) is 11.6 Å². The molecule has 0 bridgehead atoms. The van der Waals surface area contributed by atoms with E-state index in [0.717, 1.165) is 37.2 Å². The Morgan fingerprint density at radius 2 is 1.71 bits per heavy atom. The molecular formula is C21H23ClN4O2. The molecular weight excluding hydrogens is 376 g/mol. The topological polar surface area (TPSA) is 68.2 Å². The minimum atomic E-state index is -0.151. The maximum absolute atomic E-state index is 12.8. The molecule has 1 saturated heterocycles. The lowest BCUT2D eigenvalue weighted by molar-refractivity contribution is -0.119. The smallest absolute Gasteiger partial charge is 0.281 e. The molecule has 6 nitrogen and oxygen atoms in total. The van der Waals surface area contributed by atoms with Gasteiger partial charge in [-0.25, -0.2) is 5.01 Å². The summed E-state index contributed by atoms with van der Waals surface area (Å²) in [5, 5.41) is 18.7. The van der Waals surface area contributed by atoms with Crippen LogP contribution in [0.4, 0.5) is 5.69 Å². The molecule has 28 heavy (non-hydrogen) atoms. The Labute approximate surface area is 169 Å². The van der Waals surface area contributed by atoms with Crippen LogP contribution >= 0.6 is 11.6 Å². The SMILES string of the molecule is O=C(NN1CCCCC1)C1=NN(c2ccc(O)cc2)C(c2ccc(Cl)cc2)C1. The summed E-state index contributed by atoms with van der Waals surface area (Å²) in [6, 6.07) is 14.3.